The summed E-state index contributed by atoms with van der Waals surface area (Å²) >= 11 is 0. The van der Waals surface area contributed by atoms with Gasteiger partial charge in [-0.1, -0.05) is 18.2 Å². The van der Waals surface area contributed by atoms with Gasteiger partial charge in [0.1, 0.15) is 0 Å². The lowest BCUT2D eigenvalue weighted by Gasteiger charge is -2.30. The Hall–Kier alpha value is -1.74. The van der Waals surface area contributed by atoms with Gasteiger partial charge in [0.25, 0.3) is 0 Å². The molecule has 0 aliphatic carbocycles. The van der Waals surface area contributed by atoms with Gasteiger partial charge in [-0.05, 0) is 23.6 Å². The van der Waals surface area contributed by atoms with Crippen LogP contribution in [0.1, 0.15) is 0 Å². The first-order chi connectivity index (χ1) is 8.34. The first-order valence-corrected chi connectivity index (χ1v) is 6.08. The normalized spacial score (nSPS) is 16.4. The molecule has 2 aromatic carbocycles. The van der Waals surface area contributed by atoms with Gasteiger partial charge in [-0.2, -0.15) is 0 Å². The molecule has 0 radical (unpaired) electrons. The predicted octanol–water partition coefficient (Wildman–Crippen LogP) is 1.83. The van der Waals surface area contributed by atoms with Crippen molar-refractivity contribution in [1.82, 2.24) is 5.32 Å². The molecular formula is C14H17N3. The molecule has 17 heavy (non-hydrogen) atoms. The topological polar surface area (TPSA) is 41.3 Å². The first kappa shape index (κ1) is 10.4. The zero-order chi connectivity index (χ0) is 11.7. The first-order valence-electron chi connectivity index (χ1n) is 6.08. The third-order valence-corrected chi connectivity index (χ3v) is 3.34. The highest BCUT2D eigenvalue weighted by molar-refractivity contribution is 5.96. The molecule has 1 saturated heterocycles. The zero-order valence-electron chi connectivity index (χ0n) is 9.82. The maximum atomic E-state index is 5.89. The quantitative estimate of drug-likeness (QED) is 0.730. The van der Waals surface area contributed by atoms with Crippen LogP contribution >= 0.6 is 0 Å². The van der Waals surface area contributed by atoms with Crippen molar-refractivity contribution in [1.29, 1.82) is 0 Å². The van der Waals surface area contributed by atoms with Gasteiger partial charge in [-0.25, -0.2) is 0 Å². The van der Waals surface area contributed by atoms with Crippen molar-refractivity contribution < 1.29 is 0 Å². The summed E-state index contributed by atoms with van der Waals surface area (Å²) in [6.07, 6.45) is 0. The summed E-state index contributed by atoms with van der Waals surface area (Å²) in [6.45, 7) is 4.24. The van der Waals surface area contributed by atoms with Crippen molar-refractivity contribution in [2.24, 2.45) is 0 Å². The van der Waals surface area contributed by atoms with Gasteiger partial charge in [-0.15, -0.1) is 0 Å². The van der Waals surface area contributed by atoms with E-state index in [1.165, 1.54) is 16.5 Å². The number of piperazine rings is 1. The minimum Gasteiger partial charge on any atom is -0.399 e. The number of nitrogens with two attached hydrogens (primary N) is 1. The lowest BCUT2D eigenvalue weighted by molar-refractivity contribution is 0.590. The smallest absolute Gasteiger partial charge is 0.0447 e. The summed E-state index contributed by atoms with van der Waals surface area (Å²) in [5.74, 6) is 0. The molecule has 0 spiro atoms. The lowest BCUT2D eigenvalue weighted by atomic mass is 10.1. The highest BCUT2D eigenvalue weighted by atomic mass is 15.2. The summed E-state index contributed by atoms with van der Waals surface area (Å²) in [4.78, 5) is 2.43. The molecule has 88 valence electrons. The number of fused-ring (bicyclic) bond motifs is 1. The van der Waals surface area contributed by atoms with E-state index in [-0.39, 0.29) is 0 Å². The summed E-state index contributed by atoms with van der Waals surface area (Å²) in [5.41, 5.74) is 8.03. The maximum Gasteiger partial charge on any atom is 0.0447 e. The molecule has 2 aromatic rings. The van der Waals surface area contributed by atoms with Gasteiger partial charge in [0.15, 0.2) is 0 Å². The van der Waals surface area contributed by atoms with E-state index in [9.17, 15) is 0 Å². The summed E-state index contributed by atoms with van der Waals surface area (Å²) in [7, 11) is 0. The molecule has 0 atom stereocenters. The van der Waals surface area contributed by atoms with E-state index < -0.39 is 0 Å². The van der Waals surface area contributed by atoms with Gasteiger partial charge < -0.3 is 16.0 Å². The highest BCUT2D eigenvalue weighted by Crippen LogP contribution is 2.28. The minimum atomic E-state index is 0.833. The molecule has 0 saturated carbocycles. The van der Waals surface area contributed by atoms with Gasteiger partial charge in [0.2, 0.25) is 0 Å². The third kappa shape index (κ3) is 1.94. The van der Waals surface area contributed by atoms with E-state index in [1.54, 1.807) is 0 Å². The van der Waals surface area contributed by atoms with Crippen LogP contribution in [0.4, 0.5) is 11.4 Å². The average Bonchev–Trinajstić information content (AvgIpc) is 2.39. The Morgan fingerprint density at radius 1 is 1.06 bits per heavy atom. The molecule has 0 bridgehead atoms. The predicted molar refractivity (Wildman–Crippen MR) is 73.4 cm³/mol. The Morgan fingerprint density at radius 3 is 2.71 bits per heavy atom. The van der Waals surface area contributed by atoms with Crippen LogP contribution in [0.3, 0.4) is 0 Å². The largest absolute Gasteiger partial charge is 0.399 e. The van der Waals surface area contributed by atoms with Crippen LogP contribution in [0.25, 0.3) is 10.8 Å². The number of hydrogen-bond donors (Lipinski definition) is 2. The molecule has 0 unspecified atom stereocenters. The Balaban J connectivity index is 2.11. The van der Waals surface area contributed by atoms with Crippen LogP contribution < -0.4 is 16.0 Å². The van der Waals surface area contributed by atoms with E-state index in [0.29, 0.717) is 0 Å². The van der Waals surface area contributed by atoms with Crippen molar-refractivity contribution in [3.63, 3.8) is 0 Å². The molecule has 1 heterocycles. The van der Waals surface area contributed by atoms with Crippen LogP contribution in [0.15, 0.2) is 36.4 Å². The molecule has 1 aliphatic heterocycles. The van der Waals surface area contributed by atoms with E-state index in [4.69, 9.17) is 5.73 Å². The summed E-state index contributed by atoms with van der Waals surface area (Å²) in [5, 5.41) is 5.90. The molecule has 1 aliphatic rings. The maximum absolute atomic E-state index is 5.89. The summed E-state index contributed by atoms with van der Waals surface area (Å²) < 4.78 is 0. The van der Waals surface area contributed by atoms with E-state index in [1.807, 2.05) is 6.07 Å². The minimum absolute atomic E-state index is 0.833. The van der Waals surface area contributed by atoms with Crippen molar-refractivity contribution in [3.05, 3.63) is 36.4 Å². The van der Waals surface area contributed by atoms with Gasteiger partial charge in [0.05, 0.1) is 0 Å². The van der Waals surface area contributed by atoms with Crippen molar-refractivity contribution in [3.8, 4) is 0 Å². The molecule has 0 aromatic heterocycles. The molecule has 1 fully saturated rings. The van der Waals surface area contributed by atoms with Crippen LogP contribution in [0, 0.1) is 0 Å². The molecule has 3 nitrogen and oxygen atoms in total. The third-order valence-electron chi connectivity index (χ3n) is 3.34. The molecular weight excluding hydrogens is 210 g/mol. The molecule has 3 rings (SSSR count). The van der Waals surface area contributed by atoms with E-state index >= 15 is 0 Å². The van der Waals surface area contributed by atoms with Gasteiger partial charge in [0, 0.05) is 42.9 Å². The molecule has 3 heteroatoms. The Bertz CT molecular complexity index is 530. The Kier molecular flexibility index (Phi) is 2.61. The van der Waals surface area contributed by atoms with Crippen LogP contribution in [-0.2, 0) is 0 Å². The fourth-order valence-electron chi connectivity index (χ4n) is 2.46. The van der Waals surface area contributed by atoms with Crippen molar-refractivity contribution in [2.75, 3.05) is 36.8 Å². The second kappa shape index (κ2) is 4.26. The number of nitrogen functional groups attached to an aromatic ring is 1. The molecule has 3 N–H and O–H groups in total. The number of nitrogens with one attached hydrogen (secondary N) is 1. The average molecular weight is 227 g/mol. The fourth-order valence-corrected chi connectivity index (χ4v) is 2.46. The molecule has 0 amide bonds. The van der Waals surface area contributed by atoms with Crippen LogP contribution in [0.5, 0.6) is 0 Å². The number of benzene rings is 2. The monoisotopic (exact) mass is 227 g/mol. The van der Waals surface area contributed by atoms with Crippen LogP contribution in [0.2, 0.25) is 0 Å². The number of rotatable bonds is 1. The Labute approximate surface area is 101 Å². The number of hydrogen-bond acceptors (Lipinski definition) is 3. The summed E-state index contributed by atoms with van der Waals surface area (Å²) in [6, 6.07) is 12.6. The van der Waals surface area contributed by atoms with Crippen molar-refractivity contribution in [2.45, 2.75) is 0 Å². The van der Waals surface area contributed by atoms with Crippen molar-refractivity contribution >= 4 is 22.1 Å². The Morgan fingerprint density at radius 2 is 1.88 bits per heavy atom. The SMILES string of the molecule is Nc1ccc2cccc(N3CCNCC3)c2c1. The number of nitrogens with zero attached hydrogens (tertiary/aromatic N) is 1. The van der Waals surface area contributed by atoms with E-state index in [0.717, 1.165) is 31.9 Å². The van der Waals surface area contributed by atoms with Crippen LogP contribution in [-0.4, -0.2) is 26.2 Å². The standard InChI is InChI=1S/C14H17N3/c15-12-5-4-11-2-1-3-14(13(11)10-12)17-8-6-16-7-9-17/h1-5,10,16H,6-9,15H2. The second-order valence-corrected chi connectivity index (χ2v) is 4.49. The van der Waals surface area contributed by atoms with Gasteiger partial charge >= 0.3 is 0 Å². The zero-order valence-corrected chi connectivity index (χ0v) is 9.82. The lowest BCUT2D eigenvalue weighted by Crippen LogP contribution is -2.43. The highest BCUT2D eigenvalue weighted by Gasteiger charge is 2.12. The van der Waals surface area contributed by atoms with E-state index in [2.05, 4.69) is 40.5 Å². The van der Waals surface area contributed by atoms with Gasteiger partial charge in [-0.3, -0.25) is 0 Å². The second-order valence-electron chi connectivity index (χ2n) is 4.49. The fraction of sp³-hybridized carbons (Fsp3) is 0.286. The number of anilines is 2.